The highest BCUT2D eigenvalue weighted by Gasteiger charge is 2.06. The van der Waals surface area contributed by atoms with Crippen molar-refractivity contribution in [3.8, 4) is 0 Å². The van der Waals surface area contributed by atoms with Crippen molar-refractivity contribution < 1.29 is 5.11 Å². The number of aromatic nitrogens is 1. The number of hydrogen-bond donors (Lipinski definition) is 2. The van der Waals surface area contributed by atoms with Crippen LogP contribution in [-0.4, -0.2) is 16.6 Å². The second-order valence-electron chi connectivity index (χ2n) is 4.03. The number of aryl methyl sites for hydroxylation is 1. The maximum Gasteiger partial charge on any atom is 0.0914 e. The third-order valence-electron chi connectivity index (χ3n) is 2.58. The van der Waals surface area contributed by atoms with E-state index in [9.17, 15) is 5.11 Å². The lowest BCUT2D eigenvalue weighted by atomic mass is 10.1. The van der Waals surface area contributed by atoms with E-state index in [4.69, 9.17) is 0 Å². The number of benzene rings is 1. The van der Waals surface area contributed by atoms with Crippen molar-refractivity contribution in [1.82, 2.24) is 10.3 Å². The second-order valence-corrected chi connectivity index (χ2v) is 5.00. The minimum Gasteiger partial charge on any atom is -0.387 e. The van der Waals surface area contributed by atoms with Gasteiger partial charge in [-0.05, 0) is 12.5 Å². The Balaban J connectivity index is 1.81. The molecule has 0 radical (unpaired) electrons. The monoisotopic (exact) mass is 248 g/mol. The van der Waals surface area contributed by atoms with E-state index in [0.29, 0.717) is 6.54 Å². The van der Waals surface area contributed by atoms with E-state index in [1.165, 1.54) is 10.4 Å². The fraction of sp³-hybridized carbons (Fsp3) is 0.308. The molecule has 1 unspecified atom stereocenters. The molecule has 0 fully saturated rings. The lowest BCUT2D eigenvalue weighted by Crippen LogP contribution is -2.20. The fourth-order valence-corrected chi connectivity index (χ4v) is 2.13. The van der Waals surface area contributed by atoms with Gasteiger partial charge in [-0.2, -0.15) is 0 Å². The summed E-state index contributed by atoms with van der Waals surface area (Å²) < 4.78 is 0. The molecule has 1 atom stereocenters. The third kappa shape index (κ3) is 3.63. The Hall–Kier alpha value is -1.23. The summed E-state index contributed by atoms with van der Waals surface area (Å²) in [4.78, 5) is 5.19. The molecule has 0 saturated heterocycles. The van der Waals surface area contributed by atoms with Crippen LogP contribution in [0.15, 0.2) is 36.0 Å². The van der Waals surface area contributed by atoms with Gasteiger partial charge < -0.3 is 10.4 Å². The molecule has 2 aromatic rings. The van der Waals surface area contributed by atoms with Gasteiger partial charge in [0.25, 0.3) is 0 Å². The maximum absolute atomic E-state index is 9.97. The Morgan fingerprint density at radius 1 is 1.35 bits per heavy atom. The van der Waals surface area contributed by atoms with E-state index in [1.54, 1.807) is 11.3 Å². The summed E-state index contributed by atoms with van der Waals surface area (Å²) in [5, 5.41) is 13.2. The number of aliphatic hydroxyl groups excluding tert-OH is 1. The SMILES string of the molecule is Cc1ccc(C(O)CNCc2cncs2)cc1. The van der Waals surface area contributed by atoms with Crippen LogP contribution in [0.25, 0.3) is 0 Å². The van der Waals surface area contributed by atoms with Crippen molar-refractivity contribution in [1.29, 1.82) is 0 Å². The summed E-state index contributed by atoms with van der Waals surface area (Å²) in [6, 6.07) is 7.96. The van der Waals surface area contributed by atoms with Gasteiger partial charge in [0.05, 0.1) is 11.6 Å². The molecule has 0 aliphatic heterocycles. The molecule has 0 spiro atoms. The highest BCUT2D eigenvalue weighted by Crippen LogP contribution is 2.13. The van der Waals surface area contributed by atoms with Crippen LogP contribution in [-0.2, 0) is 6.54 Å². The molecule has 2 rings (SSSR count). The van der Waals surface area contributed by atoms with Crippen LogP contribution in [0.2, 0.25) is 0 Å². The zero-order valence-corrected chi connectivity index (χ0v) is 10.6. The summed E-state index contributed by atoms with van der Waals surface area (Å²) in [6.07, 6.45) is 1.39. The smallest absolute Gasteiger partial charge is 0.0914 e. The Morgan fingerprint density at radius 2 is 2.12 bits per heavy atom. The normalized spacial score (nSPS) is 12.6. The fourth-order valence-electron chi connectivity index (χ4n) is 1.57. The Labute approximate surface area is 105 Å². The first kappa shape index (κ1) is 12.2. The molecule has 3 nitrogen and oxygen atoms in total. The van der Waals surface area contributed by atoms with Crippen LogP contribution in [0.5, 0.6) is 0 Å². The standard InChI is InChI=1S/C13H16N2OS/c1-10-2-4-11(5-3-10)13(16)8-14-6-12-7-15-9-17-12/h2-5,7,9,13-14,16H,6,8H2,1H3. The van der Waals surface area contributed by atoms with Gasteiger partial charge >= 0.3 is 0 Å². The first-order chi connectivity index (χ1) is 8.25. The van der Waals surface area contributed by atoms with Crippen molar-refractivity contribution in [2.45, 2.75) is 19.6 Å². The first-order valence-corrected chi connectivity index (χ1v) is 6.46. The van der Waals surface area contributed by atoms with E-state index in [-0.39, 0.29) is 0 Å². The van der Waals surface area contributed by atoms with Gasteiger partial charge in [0.15, 0.2) is 0 Å². The van der Waals surface area contributed by atoms with Crippen LogP contribution in [0.3, 0.4) is 0 Å². The van der Waals surface area contributed by atoms with E-state index in [0.717, 1.165) is 12.1 Å². The minimum absolute atomic E-state index is 0.455. The zero-order valence-electron chi connectivity index (χ0n) is 9.76. The van der Waals surface area contributed by atoms with Gasteiger partial charge in [-0.3, -0.25) is 4.98 Å². The number of aliphatic hydroxyl groups is 1. The predicted octanol–water partition coefficient (Wildman–Crippen LogP) is 2.27. The summed E-state index contributed by atoms with van der Waals surface area (Å²) in [6.45, 7) is 3.35. The molecule has 0 aliphatic rings. The lowest BCUT2D eigenvalue weighted by Gasteiger charge is -2.11. The molecule has 0 saturated carbocycles. The molecule has 1 aromatic carbocycles. The Morgan fingerprint density at radius 3 is 2.76 bits per heavy atom. The Bertz CT molecular complexity index is 439. The molecule has 4 heteroatoms. The average molecular weight is 248 g/mol. The molecule has 17 heavy (non-hydrogen) atoms. The molecule has 0 amide bonds. The molecule has 1 aromatic heterocycles. The quantitative estimate of drug-likeness (QED) is 0.853. The van der Waals surface area contributed by atoms with Crippen molar-refractivity contribution in [2.24, 2.45) is 0 Å². The molecule has 90 valence electrons. The van der Waals surface area contributed by atoms with Crippen LogP contribution in [0.1, 0.15) is 22.1 Å². The lowest BCUT2D eigenvalue weighted by molar-refractivity contribution is 0.174. The molecule has 2 N–H and O–H groups in total. The molecular weight excluding hydrogens is 232 g/mol. The molecule has 1 heterocycles. The number of nitrogens with one attached hydrogen (secondary N) is 1. The largest absolute Gasteiger partial charge is 0.387 e. The van der Waals surface area contributed by atoms with Crippen molar-refractivity contribution >= 4 is 11.3 Å². The van der Waals surface area contributed by atoms with Gasteiger partial charge in [-0.25, -0.2) is 0 Å². The van der Waals surface area contributed by atoms with Gasteiger partial charge in [-0.1, -0.05) is 29.8 Å². The van der Waals surface area contributed by atoms with E-state index in [1.807, 2.05) is 42.9 Å². The summed E-state index contributed by atoms with van der Waals surface area (Å²) in [5.41, 5.74) is 3.97. The summed E-state index contributed by atoms with van der Waals surface area (Å²) in [7, 11) is 0. The van der Waals surface area contributed by atoms with E-state index < -0.39 is 6.10 Å². The molecular formula is C13H16N2OS. The topological polar surface area (TPSA) is 45.1 Å². The van der Waals surface area contributed by atoms with Crippen LogP contribution in [0, 0.1) is 6.92 Å². The van der Waals surface area contributed by atoms with Crippen LogP contribution >= 0.6 is 11.3 Å². The number of hydrogen-bond acceptors (Lipinski definition) is 4. The van der Waals surface area contributed by atoms with Crippen molar-refractivity contribution in [2.75, 3.05) is 6.54 Å². The molecule has 0 aliphatic carbocycles. The predicted molar refractivity (Wildman–Crippen MR) is 70.0 cm³/mol. The van der Waals surface area contributed by atoms with Crippen molar-refractivity contribution in [3.63, 3.8) is 0 Å². The minimum atomic E-state index is -0.455. The van der Waals surface area contributed by atoms with Crippen molar-refractivity contribution in [3.05, 3.63) is 52.0 Å². The molecule has 0 bridgehead atoms. The Kier molecular flexibility index (Phi) is 4.25. The van der Waals surface area contributed by atoms with E-state index in [2.05, 4.69) is 10.3 Å². The summed E-state index contributed by atoms with van der Waals surface area (Å²) in [5.74, 6) is 0. The number of rotatable bonds is 5. The van der Waals surface area contributed by atoms with Gasteiger partial charge in [-0.15, -0.1) is 11.3 Å². The maximum atomic E-state index is 9.97. The van der Waals surface area contributed by atoms with Crippen LogP contribution < -0.4 is 5.32 Å². The third-order valence-corrected chi connectivity index (χ3v) is 3.36. The highest BCUT2D eigenvalue weighted by molar-refractivity contribution is 7.09. The number of nitrogens with zero attached hydrogens (tertiary/aromatic N) is 1. The number of thiazole rings is 1. The second kappa shape index (κ2) is 5.91. The first-order valence-electron chi connectivity index (χ1n) is 5.58. The van der Waals surface area contributed by atoms with E-state index >= 15 is 0 Å². The zero-order chi connectivity index (χ0) is 12.1. The van der Waals surface area contributed by atoms with Gasteiger partial charge in [0.2, 0.25) is 0 Å². The average Bonchev–Trinajstić information content (AvgIpc) is 2.83. The van der Waals surface area contributed by atoms with Crippen LogP contribution in [0.4, 0.5) is 0 Å². The highest BCUT2D eigenvalue weighted by atomic mass is 32.1. The van der Waals surface area contributed by atoms with Gasteiger partial charge in [0, 0.05) is 24.2 Å². The summed E-state index contributed by atoms with van der Waals surface area (Å²) >= 11 is 1.62. The van der Waals surface area contributed by atoms with Gasteiger partial charge in [0.1, 0.15) is 0 Å².